The van der Waals surface area contributed by atoms with Crippen molar-refractivity contribution in [3.8, 4) is 22.3 Å². The van der Waals surface area contributed by atoms with E-state index in [0.717, 1.165) is 73.2 Å². The summed E-state index contributed by atoms with van der Waals surface area (Å²) in [5, 5.41) is 7.94. The van der Waals surface area contributed by atoms with E-state index in [1.807, 2.05) is 149 Å². The maximum Gasteiger partial charge on any atom is 0.160 e. The van der Waals surface area contributed by atoms with Crippen LogP contribution in [0.4, 0.5) is 39.8 Å². The molecule has 7 nitrogen and oxygen atoms in total. The molecule has 7 heteroatoms. The molecule has 9 aromatic carbocycles. The lowest BCUT2D eigenvalue weighted by molar-refractivity contribution is 1.00. The average Bonchev–Trinajstić information content (AvgIpc) is 3.38. The zero-order valence-corrected chi connectivity index (χ0v) is 35.6. The van der Waals surface area contributed by atoms with Gasteiger partial charge in [0.15, 0.2) is 11.6 Å². The van der Waals surface area contributed by atoms with E-state index in [-0.39, 0.29) is 0 Å². The molecule has 0 saturated carbocycles. The first-order valence-electron chi connectivity index (χ1n) is 21.4. The molecule has 0 aliphatic carbocycles. The van der Waals surface area contributed by atoms with Gasteiger partial charge in [0.25, 0.3) is 0 Å². The van der Waals surface area contributed by atoms with Crippen molar-refractivity contribution in [3.63, 3.8) is 0 Å². The number of nitrogens with zero attached hydrogens (tertiary/aromatic N) is 5. The van der Waals surface area contributed by atoms with Crippen LogP contribution in [0.2, 0.25) is 0 Å². The Morgan fingerprint density at radius 2 is 0.508 bits per heavy atom. The summed E-state index contributed by atoms with van der Waals surface area (Å²) in [6.07, 6.45) is 3.88. The summed E-state index contributed by atoms with van der Waals surface area (Å²) in [5.74, 6) is 1.03. The Hall–Kier alpha value is -8.94. The normalized spacial score (nSPS) is 11.4. The predicted octanol–water partition coefficient (Wildman–Crippen LogP) is 16.8. The van der Waals surface area contributed by atoms with E-state index in [9.17, 15) is 0 Å². The molecule has 0 aliphatic rings. The van der Waals surface area contributed by atoms with Crippen molar-refractivity contribution < 1.29 is 0 Å². The van der Waals surface area contributed by atoms with E-state index >= 15 is 0 Å². The number of nitrogens with one attached hydrogen (secondary N) is 2. The second kappa shape index (κ2) is 19.8. The van der Waals surface area contributed by atoms with Crippen molar-refractivity contribution in [3.05, 3.63) is 271 Å². The first kappa shape index (κ1) is 41.4. The molecule has 65 heavy (non-hydrogen) atoms. The summed E-state index contributed by atoms with van der Waals surface area (Å²) in [7, 11) is 0. The summed E-state index contributed by atoms with van der Waals surface area (Å²) in [6, 6.07) is 84.5. The molecule has 0 aromatic heterocycles. The van der Waals surface area contributed by atoms with Gasteiger partial charge < -0.3 is 4.90 Å². The molecule has 0 fully saturated rings. The molecule has 312 valence electrons. The second-order valence-corrected chi connectivity index (χ2v) is 15.3. The molecule has 0 unspecified atom stereocenters. The average molecular weight is 840 g/mol. The molecule has 0 bridgehead atoms. The van der Waals surface area contributed by atoms with Gasteiger partial charge in [-0.25, -0.2) is 11.1 Å². The van der Waals surface area contributed by atoms with E-state index in [1.54, 1.807) is 0 Å². The van der Waals surface area contributed by atoms with Gasteiger partial charge in [-0.05, 0) is 130 Å². The second-order valence-electron chi connectivity index (χ2n) is 15.3. The van der Waals surface area contributed by atoms with E-state index < -0.39 is 0 Å². The van der Waals surface area contributed by atoms with E-state index in [0.29, 0.717) is 11.6 Å². The highest BCUT2D eigenvalue weighted by atomic mass is 15.3. The summed E-state index contributed by atoms with van der Waals surface area (Å²) in [5.41, 5.74) is 29.4. The third-order valence-electron chi connectivity index (χ3n) is 11.1. The Kier molecular flexibility index (Phi) is 12.6. The maximum atomic E-state index is 8.13. The minimum atomic E-state index is 0.515. The molecule has 9 aromatic rings. The summed E-state index contributed by atoms with van der Waals surface area (Å²) in [6.45, 7) is 0. The van der Waals surface area contributed by atoms with Gasteiger partial charge in [-0.2, -0.15) is 0 Å². The Labute approximate surface area is 380 Å². The topological polar surface area (TPSA) is 82.1 Å². The van der Waals surface area contributed by atoms with Crippen molar-refractivity contribution in [2.24, 2.45) is 10.2 Å². The molecule has 0 aliphatic heterocycles. The van der Waals surface area contributed by atoms with Crippen molar-refractivity contribution >= 4 is 52.0 Å². The standard InChI is InChI=1S/C58H45N7/c59-61-57(64(51-18-8-2-9-19-51)52-20-10-3-11-21-52)42-44-26-30-46(31-27-44)48-34-38-55(39-35-48)63(50-16-6-1-7-17-50)56-40-36-49(37-41-56)47-32-28-45(29-33-47)43-58(62-60)65(53-22-12-4-13-23-53)54-24-14-5-15-25-54/h1-43,59-60H. The van der Waals surface area contributed by atoms with E-state index in [1.165, 1.54) is 0 Å². The third kappa shape index (κ3) is 9.60. The van der Waals surface area contributed by atoms with Crippen molar-refractivity contribution in [1.82, 2.24) is 0 Å². The molecular weight excluding hydrogens is 795 g/mol. The number of anilines is 7. The lowest BCUT2D eigenvalue weighted by atomic mass is 10.0. The summed E-state index contributed by atoms with van der Waals surface area (Å²) < 4.78 is 0. The first-order valence-corrected chi connectivity index (χ1v) is 21.4. The highest BCUT2D eigenvalue weighted by Crippen LogP contribution is 2.38. The molecule has 9 rings (SSSR count). The van der Waals surface area contributed by atoms with Crippen molar-refractivity contribution in [1.29, 1.82) is 11.1 Å². The molecule has 2 N–H and O–H groups in total. The van der Waals surface area contributed by atoms with Gasteiger partial charge in [0.05, 0.1) is 0 Å². The Bertz CT molecular complexity index is 2740. The van der Waals surface area contributed by atoms with Crippen molar-refractivity contribution in [2.75, 3.05) is 14.7 Å². The van der Waals surface area contributed by atoms with Crippen LogP contribution in [0.5, 0.6) is 0 Å². The largest absolute Gasteiger partial charge is 0.311 e. The monoisotopic (exact) mass is 839 g/mol. The predicted molar refractivity (Wildman–Crippen MR) is 268 cm³/mol. The summed E-state index contributed by atoms with van der Waals surface area (Å²) in [4.78, 5) is 6.25. The lowest BCUT2D eigenvalue weighted by Gasteiger charge is -2.26. The SMILES string of the molecule is N=NC(=Cc1ccc(-c2ccc(N(c3ccccc3)c3ccc(-c4ccc(C=C(N=N)N(c5ccccc5)c5ccccc5)cc4)cc3)cc2)cc1)N(c1ccccc1)c1ccccc1. The van der Waals surface area contributed by atoms with Crippen LogP contribution in [0.15, 0.2) is 271 Å². The van der Waals surface area contributed by atoms with Gasteiger partial charge in [0.1, 0.15) is 0 Å². The zero-order chi connectivity index (χ0) is 44.2. The number of para-hydroxylation sites is 5. The quantitative estimate of drug-likeness (QED) is 0.101. The van der Waals surface area contributed by atoms with Crippen LogP contribution in [0.25, 0.3) is 34.4 Å². The van der Waals surface area contributed by atoms with Gasteiger partial charge in [0.2, 0.25) is 0 Å². The Morgan fingerprint density at radius 1 is 0.277 bits per heavy atom. The van der Waals surface area contributed by atoms with Gasteiger partial charge >= 0.3 is 0 Å². The number of hydrogen-bond acceptors (Lipinski definition) is 7. The third-order valence-corrected chi connectivity index (χ3v) is 11.1. The van der Waals surface area contributed by atoms with Crippen LogP contribution in [-0.2, 0) is 0 Å². The molecule has 0 amide bonds. The molecular formula is C58H45N7. The number of rotatable bonds is 15. The van der Waals surface area contributed by atoms with Crippen LogP contribution in [-0.4, -0.2) is 0 Å². The molecule has 0 heterocycles. The maximum absolute atomic E-state index is 8.13. The molecule has 0 atom stereocenters. The highest BCUT2D eigenvalue weighted by molar-refractivity contribution is 5.81. The molecule has 0 spiro atoms. The minimum absolute atomic E-state index is 0.515. The van der Waals surface area contributed by atoms with Crippen LogP contribution < -0.4 is 14.7 Å². The van der Waals surface area contributed by atoms with Crippen LogP contribution in [0.3, 0.4) is 0 Å². The van der Waals surface area contributed by atoms with Gasteiger partial charge in [0, 0.05) is 39.8 Å². The minimum Gasteiger partial charge on any atom is -0.311 e. The van der Waals surface area contributed by atoms with Crippen LogP contribution in [0.1, 0.15) is 11.1 Å². The van der Waals surface area contributed by atoms with E-state index in [2.05, 4.69) is 136 Å². The molecule has 0 radical (unpaired) electrons. The fourth-order valence-electron chi connectivity index (χ4n) is 7.90. The lowest BCUT2D eigenvalue weighted by Crippen LogP contribution is -2.14. The van der Waals surface area contributed by atoms with Crippen molar-refractivity contribution in [2.45, 2.75) is 0 Å². The Balaban J connectivity index is 0.940. The Morgan fingerprint density at radius 3 is 0.769 bits per heavy atom. The van der Waals surface area contributed by atoms with Gasteiger partial charge in [-0.3, -0.25) is 9.80 Å². The van der Waals surface area contributed by atoms with E-state index in [4.69, 9.17) is 11.1 Å². The number of hydrogen-bond donors (Lipinski definition) is 2. The van der Waals surface area contributed by atoms with Gasteiger partial charge in [-0.15, -0.1) is 10.2 Å². The van der Waals surface area contributed by atoms with Crippen LogP contribution >= 0.6 is 0 Å². The number of benzene rings is 9. The highest BCUT2D eigenvalue weighted by Gasteiger charge is 2.17. The molecule has 0 saturated heterocycles. The summed E-state index contributed by atoms with van der Waals surface area (Å²) >= 11 is 0. The van der Waals surface area contributed by atoms with Crippen LogP contribution in [0, 0.1) is 11.1 Å². The smallest absolute Gasteiger partial charge is 0.160 e. The van der Waals surface area contributed by atoms with Gasteiger partial charge in [-0.1, -0.05) is 164 Å². The zero-order valence-electron chi connectivity index (χ0n) is 35.6. The first-order chi connectivity index (χ1) is 32.1. The fraction of sp³-hybridized carbons (Fsp3) is 0. The fourth-order valence-corrected chi connectivity index (χ4v) is 7.90.